The largest absolute Gasteiger partial charge is 0.371 e. The third kappa shape index (κ3) is 1.32. The summed E-state index contributed by atoms with van der Waals surface area (Å²) in [7, 11) is 0. The maximum Gasteiger partial charge on any atom is 0.371 e. The minimum Gasteiger partial charge on any atom is -0.243 e. The van der Waals surface area contributed by atoms with Crippen molar-refractivity contribution in [2.45, 2.75) is 6.92 Å². The summed E-state index contributed by atoms with van der Waals surface area (Å²) < 4.78 is 1.21. The molecule has 0 saturated carbocycles. The van der Waals surface area contributed by atoms with Gasteiger partial charge < -0.3 is 0 Å². The molecule has 0 radical (unpaired) electrons. The van der Waals surface area contributed by atoms with Gasteiger partial charge in [-0.2, -0.15) is 0 Å². The standard InChI is InChI=1S/C3H6N4OS/c1-2-9-7-3(8)4-5-6-7/h2H2,1H3,(H,4,6,8). The zero-order valence-electron chi connectivity index (χ0n) is 4.87. The lowest BCUT2D eigenvalue weighted by Gasteiger charge is -1.87. The van der Waals surface area contributed by atoms with Crippen LogP contribution in [0.2, 0.25) is 0 Å². The molecule has 0 saturated heterocycles. The molecule has 1 N–H and O–H groups in total. The molecule has 1 rings (SSSR count). The second-order valence-corrected chi connectivity index (χ2v) is 2.48. The van der Waals surface area contributed by atoms with E-state index in [-0.39, 0.29) is 5.69 Å². The molecule has 1 aromatic rings. The fourth-order valence-electron chi connectivity index (χ4n) is 0.396. The van der Waals surface area contributed by atoms with Gasteiger partial charge in [0.05, 0.1) is 0 Å². The average Bonchev–Trinajstić information content (AvgIpc) is 2.18. The van der Waals surface area contributed by atoms with Crippen molar-refractivity contribution in [1.29, 1.82) is 0 Å². The summed E-state index contributed by atoms with van der Waals surface area (Å²) in [5, 5.41) is 8.94. The van der Waals surface area contributed by atoms with Crippen LogP contribution in [-0.4, -0.2) is 25.4 Å². The van der Waals surface area contributed by atoms with Gasteiger partial charge >= 0.3 is 5.69 Å². The molecular formula is C3H6N4OS. The molecule has 50 valence electrons. The molecule has 5 nitrogen and oxygen atoms in total. The van der Waals surface area contributed by atoms with Crippen molar-refractivity contribution < 1.29 is 0 Å². The molecule has 0 fully saturated rings. The van der Waals surface area contributed by atoms with E-state index in [1.54, 1.807) is 0 Å². The Morgan fingerprint density at radius 2 is 2.67 bits per heavy atom. The maximum absolute atomic E-state index is 10.6. The lowest BCUT2D eigenvalue weighted by molar-refractivity contribution is 0.851. The van der Waals surface area contributed by atoms with Crippen LogP contribution in [0.1, 0.15) is 6.92 Å². The smallest absolute Gasteiger partial charge is 0.243 e. The zero-order chi connectivity index (χ0) is 6.69. The van der Waals surface area contributed by atoms with Crippen LogP contribution in [0.5, 0.6) is 0 Å². The number of nitrogens with zero attached hydrogens (tertiary/aromatic N) is 3. The lowest BCUT2D eigenvalue weighted by Crippen LogP contribution is -2.12. The van der Waals surface area contributed by atoms with E-state index in [9.17, 15) is 4.79 Å². The van der Waals surface area contributed by atoms with Gasteiger partial charge in [0.1, 0.15) is 0 Å². The van der Waals surface area contributed by atoms with Crippen molar-refractivity contribution in [3.8, 4) is 0 Å². The van der Waals surface area contributed by atoms with Gasteiger partial charge in [-0.25, -0.2) is 9.89 Å². The molecular weight excluding hydrogens is 140 g/mol. The number of aromatic amines is 1. The Morgan fingerprint density at radius 3 is 3.11 bits per heavy atom. The summed E-state index contributed by atoms with van der Waals surface area (Å²) in [5.41, 5.74) is -0.276. The van der Waals surface area contributed by atoms with Crippen LogP contribution in [-0.2, 0) is 0 Å². The molecule has 0 bridgehead atoms. The van der Waals surface area contributed by atoms with E-state index in [1.807, 2.05) is 6.92 Å². The van der Waals surface area contributed by atoms with Gasteiger partial charge in [-0.05, 0) is 22.4 Å². The zero-order valence-corrected chi connectivity index (χ0v) is 5.68. The van der Waals surface area contributed by atoms with E-state index in [4.69, 9.17) is 0 Å². The van der Waals surface area contributed by atoms with Crippen molar-refractivity contribution in [2.24, 2.45) is 0 Å². The quantitative estimate of drug-likeness (QED) is 0.610. The molecule has 1 aromatic heterocycles. The highest BCUT2D eigenvalue weighted by molar-refractivity contribution is 7.97. The highest BCUT2D eigenvalue weighted by Crippen LogP contribution is 1.93. The topological polar surface area (TPSA) is 63.6 Å². The normalized spacial score (nSPS) is 9.89. The fraction of sp³-hybridized carbons (Fsp3) is 0.667. The van der Waals surface area contributed by atoms with E-state index in [0.717, 1.165) is 5.75 Å². The Kier molecular flexibility index (Phi) is 1.88. The van der Waals surface area contributed by atoms with Crippen LogP contribution in [0.3, 0.4) is 0 Å². The molecule has 1 heterocycles. The van der Waals surface area contributed by atoms with Crippen LogP contribution in [0.15, 0.2) is 4.79 Å². The SMILES string of the molecule is CCSn1nn[nH]c1=O. The van der Waals surface area contributed by atoms with Gasteiger partial charge in [-0.3, -0.25) is 0 Å². The Labute approximate surface area is 55.6 Å². The van der Waals surface area contributed by atoms with Crippen molar-refractivity contribution >= 4 is 11.9 Å². The van der Waals surface area contributed by atoms with Crippen LogP contribution >= 0.6 is 11.9 Å². The average molecular weight is 146 g/mol. The van der Waals surface area contributed by atoms with E-state index in [0.29, 0.717) is 0 Å². The van der Waals surface area contributed by atoms with Gasteiger partial charge in [-0.15, -0.1) is 4.09 Å². The maximum atomic E-state index is 10.6. The lowest BCUT2D eigenvalue weighted by atomic mass is 11.0. The highest BCUT2D eigenvalue weighted by atomic mass is 32.2. The van der Waals surface area contributed by atoms with Crippen LogP contribution in [0.4, 0.5) is 0 Å². The van der Waals surface area contributed by atoms with E-state index < -0.39 is 0 Å². The molecule has 0 aliphatic rings. The number of nitrogens with one attached hydrogen (secondary N) is 1. The second-order valence-electron chi connectivity index (χ2n) is 1.30. The number of hydrogen-bond donors (Lipinski definition) is 1. The summed E-state index contributed by atoms with van der Waals surface area (Å²) in [5.74, 6) is 0.812. The summed E-state index contributed by atoms with van der Waals surface area (Å²) in [6.45, 7) is 1.94. The molecule has 0 amide bonds. The first-order valence-corrected chi connectivity index (χ1v) is 3.42. The van der Waals surface area contributed by atoms with Crippen molar-refractivity contribution in [3.63, 3.8) is 0 Å². The van der Waals surface area contributed by atoms with Gasteiger partial charge in [0.15, 0.2) is 0 Å². The van der Waals surface area contributed by atoms with E-state index in [1.165, 1.54) is 16.0 Å². The summed E-state index contributed by atoms with van der Waals surface area (Å²) in [6.07, 6.45) is 0. The monoisotopic (exact) mass is 146 g/mol. The first kappa shape index (κ1) is 6.34. The number of tetrazole rings is 1. The third-order valence-corrected chi connectivity index (χ3v) is 1.44. The fourth-order valence-corrected chi connectivity index (χ4v) is 0.887. The summed E-state index contributed by atoms with van der Waals surface area (Å²) in [4.78, 5) is 10.6. The first-order chi connectivity index (χ1) is 4.34. The molecule has 0 spiro atoms. The number of H-pyrrole nitrogens is 1. The second kappa shape index (κ2) is 2.67. The van der Waals surface area contributed by atoms with Crippen molar-refractivity contribution in [3.05, 3.63) is 10.5 Å². The molecule has 0 unspecified atom stereocenters. The number of aromatic nitrogens is 4. The van der Waals surface area contributed by atoms with E-state index in [2.05, 4.69) is 15.5 Å². The Hall–Kier alpha value is -0.780. The molecule has 0 aromatic carbocycles. The van der Waals surface area contributed by atoms with Gasteiger partial charge in [-0.1, -0.05) is 6.92 Å². The highest BCUT2D eigenvalue weighted by Gasteiger charge is 1.94. The van der Waals surface area contributed by atoms with Gasteiger partial charge in [0.2, 0.25) is 0 Å². The van der Waals surface area contributed by atoms with Crippen LogP contribution in [0, 0.1) is 0 Å². The predicted octanol–water partition coefficient (Wildman–Crippen LogP) is -0.517. The van der Waals surface area contributed by atoms with Gasteiger partial charge in [0.25, 0.3) is 0 Å². The summed E-state index contributed by atoms with van der Waals surface area (Å²) in [6, 6.07) is 0. The van der Waals surface area contributed by atoms with Crippen molar-refractivity contribution in [2.75, 3.05) is 5.75 Å². The van der Waals surface area contributed by atoms with Gasteiger partial charge in [0, 0.05) is 5.75 Å². The molecule has 6 heteroatoms. The van der Waals surface area contributed by atoms with Crippen LogP contribution < -0.4 is 5.69 Å². The van der Waals surface area contributed by atoms with Crippen molar-refractivity contribution in [1.82, 2.24) is 19.6 Å². The Balaban J connectivity index is 2.81. The number of hydrogen-bond acceptors (Lipinski definition) is 4. The van der Waals surface area contributed by atoms with E-state index >= 15 is 0 Å². The predicted molar refractivity (Wildman–Crippen MR) is 34.2 cm³/mol. The minimum atomic E-state index is -0.276. The molecule has 0 aliphatic carbocycles. The first-order valence-electron chi connectivity index (χ1n) is 2.48. The Bertz CT molecular complexity index is 228. The number of rotatable bonds is 2. The molecule has 9 heavy (non-hydrogen) atoms. The minimum absolute atomic E-state index is 0.276. The summed E-state index contributed by atoms with van der Waals surface area (Å²) >= 11 is 1.31. The Morgan fingerprint density at radius 1 is 1.89 bits per heavy atom. The third-order valence-electron chi connectivity index (χ3n) is 0.697. The van der Waals surface area contributed by atoms with Crippen LogP contribution in [0.25, 0.3) is 0 Å². The molecule has 0 aliphatic heterocycles. The molecule has 0 atom stereocenters.